The second kappa shape index (κ2) is 6.73. The Hall–Kier alpha value is -1.86. The third kappa shape index (κ3) is 4.30. The van der Waals surface area contributed by atoms with E-state index >= 15 is 0 Å². The second-order valence-corrected chi connectivity index (χ2v) is 6.76. The fourth-order valence-electron chi connectivity index (χ4n) is 1.90. The molecule has 0 aliphatic rings. The maximum absolute atomic E-state index is 12.0. The zero-order valence-electron chi connectivity index (χ0n) is 11.9. The van der Waals surface area contributed by atoms with E-state index in [4.69, 9.17) is 0 Å². The van der Waals surface area contributed by atoms with Crippen molar-refractivity contribution in [1.29, 1.82) is 0 Å². The molecular formula is C14H19N3O3S. The Morgan fingerprint density at radius 3 is 2.81 bits per heavy atom. The van der Waals surface area contributed by atoms with Crippen LogP contribution in [-0.2, 0) is 10.0 Å². The highest BCUT2D eigenvalue weighted by Crippen LogP contribution is 2.09. The van der Waals surface area contributed by atoms with Crippen molar-refractivity contribution in [1.82, 2.24) is 14.4 Å². The van der Waals surface area contributed by atoms with Gasteiger partial charge in [0.1, 0.15) is 0 Å². The molecule has 0 saturated carbocycles. The Kier molecular flexibility index (Phi) is 4.98. The maximum atomic E-state index is 12.0. The molecule has 0 fully saturated rings. The quantitative estimate of drug-likeness (QED) is 0.749. The smallest absolute Gasteiger partial charge is 0.252 e. The fourth-order valence-corrected chi connectivity index (χ4v) is 2.56. The molecule has 0 bridgehead atoms. The zero-order valence-corrected chi connectivity index (χ0v) is 12.7. The molecule has 0 unspecified atom stereocenters. The molecule has 2 heterocycles. The normalized spacial score (nSPS) is 11.7. The van der Waals surface area contributed by atoms with Crippen LogP contribution in [0.3, 0.4) is 0 Å². The molecule has 0 atom stereocenters. The summed E-state index contributed by atoms with van der Waals surface area (Å²) in [7, 11) is -3.16. The minimum Gasteiger partial charge on any atom is -0.352 e. The predicted octanol–water partition coefficient (Wildman–Crippen LogP) is 0.998. The number of carbonyl (C=O) groups is 1. The molecule has 6 nitrogen and oxygen atoms in total. The van der Waals surface area contributed by atoms with E-state index in [9.17, 15) is 13.2 Å². The standard InChI is InChI=1S/C14H19N3O3S/c1-2-21(19,20)16-8-5-7-15-14(18)12-10-13-6-3-4-9-17(13)11-12/h3-4,6,9-11,16H,2,5,7-8H2,1H3,(H,15,18). The minimum absolute atomic E-state index is 0.0662. The average molecular weight is 309 g/mol. The Labute approximate surface area is 124 Å². The topological polar surface area (TPSA) is 79.7 Å². The van der Waals surface area contributed by atoms with Gasteiger partial charge in [-0.25, -0.2) is 13.1 Å². The zero-order chi connectivity index (χ0) is 15.3. The van der Waals surface area contributed by atoms with Crippen LogP contribution in [0.4, 0.5) is 0 Å². The molecule has 0 aliphatic carbocycles. The summed E-state index contributed by atoms with van der Waals surface area (Å²) < 4.78 is 26.8. The van der Waals surface area contributed by atoms with Crippen LogP contribution in [-0.4, -0.2) is 37.6 Å². The molecule has 2 rings (SSSR count). The lowest BCUT2D eigenvalue weighted by atomic mass is 10.3. The molecule has 0 aliphatic heterocycles. The van der Waals surface area contributed by atoms with Gasteiger partial charge in [-0.2, -0.15) is 0 Å². The van der Waals surface area contributed by atoms with Crippen LogP contribution >= 0.6 is 0 Å². The third-order valence-electron chi connectivity index (χ3n) is 3.11. The summed E-state index contributed by atoms with van der Waals surface area (Å²) in [6.45, 7) is 2.34. The number of nitrogens with zero attached hydrogens (tertiary/aromatic N) is 1. The lowest BCUT2D eigenvalue weighted by Crippen LogP contribution is -2.30. The van der Waals surface area contributed by atoms with E-state index < -0.39 is 10.0 Å². The fraction of sp³-hybridized carbons (Fsp3) is 0.357. The van der Waals surface area contributed by atoms with Gasteiger partial charge in [-0.05, 0) is 31.5 Å². The summed E-state index contributed by atoms with van der Waals surface area (Å²) in [4.78, 5) is 12.0. The molecule has 0 aromatic carbocycles. The summed E-state index contributed by atoms with van der Waals surface area (Å²) in [6, 6.07) is 7.55. The number of hydrogen-bond donors (Lipinski definition) is 2. The van der Waals surface area contributed by atoms with Crippen molar-refractivity contribution in [3.8, 4) is 0 Å². The van der Waals surface area contributed by atoms with E-state index in [0.717, 1.165) is 5.52 Å². The van der Waals surface area contributed by atoms with Gasteiger partial charge in [0.15, 0.2) is 0 Å². The first-order valence-electron chi connectivity index (χ1n) is 6.84. The van der Waals surface area contributed by atoms with Crippen molar-refractivity contribution in [2.75, 3.05) is 18.8 Å². The van der Waals surface area contributed by atoms with Gasteiger partial charge < -0.3 is 9.72 Å². The summed E-state index contributed by atoms with van der Waals surface area (Å²) in [6.07, 6.45) is 4.20. The van der Waals surface area contributed by atoms with E-state index in [1.165, 1.54) is 0 Å². The van der Waals surface area contributed by atoms with Gasteiger partial charge in [0.25, 0.3) is 5.91 Å². The molecule has 0 saturated heterocycles. The lowest BCUT2D eigenvalue weighted by Gasteiger charge is -2.05. The maximum Gasteiger partial charge on any atom is 0.252 e. The lowest BCUT2D eigenvalue weighted by molar-refractivity contribution is 0.0953. The van der Waals surface area contributed by atoms with Crippen LogP contribution < -0.4 is 10.0 Å². The highest BCUT2D eigenvalue weighted by atomic mass is 32.2. The Morgan fingerprint density at radius 2 is 2.10 bits per heavy atom. The Balaban J connectivity index is 1.80. The highest BCUT2D eigenvalue weighted by Gasteiger charge is 2.08. The van der Waals surface area contributed by atoms with E-state index in [1.54, 1.807) is 13.1 Å². The van der Waals surface area contributed by atoms with Crippen LogP contribution in [0, 0.1) is 0 Å². The molecule has 2 aromatic rings. The summed E-state index contributed by atoms with van der Waals surface area (Å²) >= 11 is 0. The van der Waals surface area contributed by atoms with Crippen molar-refractivity contribution in [3.05, 3.63) is 42.2 Å². The molecule has 0 radical (unpaired) electrons. The Bertz CT molecular complexity index is 689. The summed E-state index contributed by atoms with van der Waals surface area (Å²) in [5, 5.41) is 2.78. The van der Waals surface area contributed by atoms with Crippen LogP contribution in [0.15, 0.2) is 36.7 Å². The molecule has 1 amide bonds. The number of fused-ring (bicyclic) bond motifs is 1. The number of hydrogen-bond acceptors (Lipinski definition) is 3. The van der Waals surface area contributed by atoms with Crippen molar-refractivity contribution in [3.63, 3.8) is 0 Å². The minimum atomic E-state index is -3.16. The Morgan fingerprint density at radius 1 is 1.29 bits per heavy atom. The second-order valence-electron chi connectivity index (χ2n) is 4.67. The highest BCUT2D eigenvalue weighted by molar-refractivity contribution is 7.89. The van der Waals surface area contributed by atoms with Gasteiger partial charge in [0, 0.05) is 31.0 Å². The number of sulfonamides is 1. The summed E-state index contributed by atoms with van der Waals surface area (Å²) in [5.74, 6) is -0.0894. The van der Waals surface area contributed by atoms with E-state index in [0.29, 0.717) is 25.1 Å². The van der Waals surface area contributed by atoms with Crippen LogP contribution in [0.1, 0.15) is 23.7 Å². The van der Waals surface area contributed by atoms with Crippen molar-refractivity contribution >= 4 is 21.4 Å². The van der Waals surface area contributed by atoms with Gasteiger partial charge in [-0.3, -0.25) is 4.79 Å². The molecule has 114 valence electrons. The van der Waals surface area contributed by atoms with E-state index in [2.05, 4.69) is 10.0 Å². The average Bonchev–Trinajstić information content (AvgIpc) is 2.90. The molecule has 21 heavy (non-hydrogen) atoms. The number of carbonyl (C=O) groups excluding carboxylic acids is 1. The van der Waals surface area contributed by atoms with Gasteiger partial charge in [0.05, 0.1) is 11.3 Å². The summed E-state index contributed by atoms with van der Waals surface area (Å²) in [5.41, 5.74) is 1.55. The molecule has 2 aromatic heterocycles. The first kappa shape index (κ1) is 15.5. The van der Waals surface area contributed by atoms with Crippen molar-refractivity contribution in [2.45, 2.75) is 13.3 Å². The monoisotopic (exact) mass is 309 g/mol. The SMILES string of the molecule is CCS(=O)(=O)NCCCNC(=O)c1cc2ccccn2c1. The van der Waals surface area contributed by atoms with Gasteiger partial charge in [0.2, 0.25) is 10.0 Å². The van der Waals surface area contributed by atoms with Gasteiger partial charge in [-0.1, -0.05) is 6.07 Å². The van der Waals surface area contributed by atoms with Crippen LogP contribution in [0.25, 0.3) is 5.52 Å². The predicted molar refractivity (Wildman–Crippen MR) is 81.8 cm³/mol. The van der Waals surface area contributed by atoms with Gasteiger partial charge in [-0.15, -0.1) is 0 Å². The molecule has 0 spiro atoms. The van der Waals surface area contributed by atoms with Gasteiger partial charge >= 0.3 is 0 Å². The van der Waals surface area contributed by atoms with Crippen molar-refractivity contribution < 1.29 is 13.2 Å². The number of amides is 1. The van der Waals surface area contributed by atoms with Crippen LogP contribution in [0.5, 0.6) is 0 Å². The largest absolute Gasteiger partial charge is 0.352 e. The third-order valence-corrected chi connectivity index (χ3v) is 4.51. The number of aromatic nitrogens is 1. The number of nitrogens with one attached hydrogen (secondary N) is 2. The van der Waals surface area contributed by atoms with Crippen molar-refractivity contribution in [2.24, 2.45) is 0 Å². The van der Waals surface area contributed by atoms with E-state index in [-0.39, 0.29) is 11.7 Å². The molecule has 2 N–H and O–H groups in total. The number of pyridine rings is 1. The van der Waals surface area contributed by atoms with Crippen LogP contribution in [0.2, 0.25) is 0 Å². The number of rotatable bonds is 7. The molecular weight excluding hydrogens is 290 g/mol. The first-order valence-corrected chi connectivity index (χ1v) is 8.49. The van der Waals surface area contributed by atoms with E-state index in [1.807, 2.05) is 34.9 Å². The molecule has 7 heteroatoms. The first-order chi connectivity index (χ1) is 10.0.